The van der Waals surface area contributed by atoms with Gasteiger partial charge in [0.25, 0.3) is 5.91 Å². The molecule has 0 unspecified atom stereocenters. The molecule has 164 valence electrons. The van der Waals surface area contributed by atoms with Crippen LogP contribution in [0, 0.1) is 0 Å². The predicted molar refractivity (Wildman–Crippen MR) is 125 cm³/mol. The number of hydrogen-bond donors (Lipinski definition) is 3. The van der Waals surface area contributed by atoms with Crippen LogP contribution in [-0.4, -0.2) is 31.0 Å². The average Bonchev–Trinajstić information content (AvgIpc) is 2.78. The van der Waals surface area contributed by atoms with Crippen molar-refractivity contribution in [2.45, 2.75) is 45.1 Å². The van der Waals surface area contributed by atoms with Gasteiger partial charge in [0.05, 0.1) is 6.54 Å². The zero-order valence-electron chi connectivity index (χ0n) is 18.1. The standard InChI is InChI=1S/C25H31N3O3/c1-18(2)17-31-23-14-12-20(13-15-23)26-16-24(29)27-22-10-8-19(9-11-22)25(30)28-21-6-4-3-5-7-21/h8-15,21,26H,1,3-7,16-17H2,2H3,(H,27,29)(H,28,30). The van der Waals surface area contributed by atoms with Crippen LogP contribution in [0.15, 0.2) is 60.7 Å². The van der Waals surface area contributed by atoms with E-state index in [1.54, 1.807) is 24.3 Å². The number of nitrogens with one attached hydrogen (secondary N) is 3. The van der Waals surface area contributed by atoms with Crippen molar-refractivity contribution >= 4 is 23.2 Å². The molecule has 0 spiro atoms. The van der Waals surface area contributed by atoms with Crippen LogP contribution in [0.25, 0.3) is 0 Å². The molecule has 6 heteroatoms. The van der Waals surface area contributed by atoms with E-state index in [4.69, 9.17) is 4.74 Å². The van der Waals surface area contributed by atoms with E-state index in [1.807, 2.05) is 31.2 Å². The van der Waals surface area contributed by atoms with Crippen molar-refractivity contribution in [1.29, 1.82) is 0 Å². The van der Waals surface area contributed by atoms with Gasteiger partial charge in [0.1, 0.15) is 12.4 Å². The minimum atomic E-state index is -0.165. The van der Waals surface area contributed by atoms with Gasteiger partial charge in [-0.1, -0.05) is 25.8 Å². The third-order valence-corrected chi connectivity index (χ3v) is 5.16. The van der Waals surface area contributed by atoms with E-state index < -0.39 is 0 Å². The summed E-state index contributed by atoms with van der Waals surface area (Å²) in [5.74, 6) is 0.537. The summed E-state index contributed by atoms with van der Waals surface area (Å²) >= 11 is 0. The summed E-state index contributed by atoms with van der Waals surface area (Å²) in [6.45, 7) is 6.33. The fourth-order valence-corrected chi connectivity index (χ4v) is 3.48. The van der Waals surface area contributed by atoms with Gasteiger partial charge < -0.3 is 20.7 Å². The fourth-order valence-electron chi connectivity index (χ4n) is 3.48. The summed E-state index contributed by atoms with van der Waals surface area (Å²) in [4.78, 5) is 24.6. The van der Waals surface area contributed by atoms with Crippen molar-refractivity contribution in [2.75, 3.05) is 23.8 Å². The Labute approximate surface area is 184 Å². The molecule has 3 rings (SSSR count). The molecule has 0 heterocycles. The van der Waals surface area contributed by atoms with E-state index in [-0.39, 0.29) is 24.4 Å². The maximum absolute atomic E-state index is 12.4. The highest BCUT2D eigenvalue weighted by atomic mass is 16.5. The first-order valence-corrected chi connectivity index (χ1v) is 10.8. The Morgan fingerprint density at radius 3 is 2.26 bits per heavy atom. The van der Waals surface area contributed by atoms with Crippen molar-refractivity contribution in [3.8, 4) is 5.75 Å². The van der Waals surface area contributed by atoms with E-state index in [9.17, 15) is 9.59 Å². The molecule has 31 heavy (non-hydrogen) atoms. The summed E-state index contributed by atoms with van der Waals surface area (Å²) in [6, 6.07) is 14.7. The van der Waals surface area contributed by atoms with Gasteiger partial charge in [-0.15, -0.1) is 0 Å². The third kappa shape index (κ3) is 7.48. The molecular weight excluding hydrogens is 390 g/mol. The Morgan fingerprint density at radius 1 is 0.968 bits per heavy atom. The lowest BCUT2D eigenvalue weighted by molar-refractivity contribution is -0.114. The second kappa shape index (κ2) is 11.2. The van der Waals surface area contributed by atoms with E-state index >= 15 is 0 Å². The van der Waals surface area contributed by atoms with Crippen molar-refractivity contribution in [1.82, 2.24) is 5.32 Å². The molecule has 2 aromatic rings. The number of anilines is 2. The Balaban J connectivity index is 1.42. The Bertz CT molecular complexity index is 885. The Morgan fingerprint density at radius 2 is 1.61 bits per heavy atom. The summed E-state index contributed by atoms with van der Waals surface area (Å²) in [6.07, 6.45) is 5.72. The summed E-state index contributed by atoms with van der Waals surface area (Å²) < 4.78 is 5.56. The molecule has 0 saturated heterocycles. The van der Waals surface area contributed by atoms with Crippen LogP contribution in [0.1, 0.15) is 49.4 Å². The van der Waals surface area contributed by atoms with Gasteiger partial charge in [0, 0.05) is 23.0 Å². The van der Waals surface area contributed by atoms with Crippen LogP contribution in [0.3, 0.4) is 0 Å². The fraction of sp³-hybridized carbons (Fsp3) is 0.360. The molecule has 1 fully saturated rings. The van der Waals surface area contributed by atoms with Crippen LogP contribution in [0.5, 0.6) is 5.75 Å². The smallest absolute Gasteiger partial charge is 0.251 e. The number of hydrogen-bond acceptors (Lipinski definition) is 4. The lowest BCUT2D eigenvalue weighted by atomic mass is 9.95. The first-order valence-electron chi connectivity index (χ1n) is 10.8. The maximum atomic E-state index is 12.4. The quantitative estimate of drug-likeness (QED) is 0.510. The van der Waals surface area contributed by atoms with Crippen LogP contribution >= 0.6 is 0 Å². The number of rotatable bonds is 9. The number of carbonyl (C=O) groups is 2. The largest absolute Gasteiger partial charge is 0.489 e. The molecule has 6 nitrogen and oxygen atoms in total. The molecule has 0 aromatic heterocycles. The molecule has 2 aromatic carbocycles. The molecule has 2 amide bonds. The van der Waals surface area contributed by atoms with Crippen molar-refractivity contribution < 1.29 is 14.3 Å². The van der Waals surface area contributed by atoms with Crippen molar-refractivity contribution in [3.63, 3.8) is 0 Å². The van der Waals surface area contributed by atoms with Crippen LogP contribution < -0.4 is 20.7 Å². The SMILES string of the molecule is C=C(C)COc1ccc(NCC(=O)Nc2ccc(C(=O)NC3CCCCC3)cc2)cc1. The van der Waals surface area contributed by atoms with Gasteiger partial charge in [-0.2, -0.15) is 0 Å². The Hall–Kier alpha value is -3.28. The molecule has 3 N–H and O–H groups in total. The van der Waals surface area contributed by atoms with Gasteiger partial charge in [0.2, 0.25) is 5.91 Å². The van der Waals surface area contributed by atoms with Gasteiger partial charge in [-0.05, 0) is 73.9 Å². The van der Waals surface area contributed by atoms with E-state index in [1.165, 1.54) is 19.3 Å². The lowest BCUT2D eigenvalue weighted by Gasteiger charge is -2.22. The average molecular weight is 422 g/mol. The monoisotopic (exact) mass is 421 g/mol. The van der Waals surface area contributed by atoms with Crippen molar-refractivity contribution in [2.24, 2.45) is 0 Å². The third-order valence-electron chi connectivity index (χ3n) is 5.16. The van der Waals surface area contributed by atoms with Crippen LogP contribution in [0.4, 0.5) is 11.4 Å². The number of benzene rings is 2. The van der Waals surface area contributed by atoms with E-state index in [0.29, 0.717) is 17.9 Å². The Kier molecular flexibility index (Phi) is 8.10. The highest BCUT2D eigenvalue weighted by Gasteiger charge is 2.16. The molecule has 1 saturated carbocycles. The number of carbonyl (C=O) groups excluding carboxylic acids is 2. The zero-order chi connectivity index (χ0) is 22.1. The normalized spacial score (nSPS) is 13.8. The molecule has 0 atom stereocenters. The zero-order valence-corrected chi connectivity index (χ0v) is 18.1. The molecule has 0 bridgehead atoms. The van der Waals surface area contributed by atoms with E-state index in [2.05, 4.69) is 22.5 Å². The van der Waals surface area contributed by atoms with Crippen LogP contribution in [-0.2, 0) is 4.79 Å². The lowest BCUT2D eigenvalue weighted by Crippen LogP contribution is -2.36. The topological polar surface area (TPSA) is 79.5 Å². The van der Waals surface area contributed by atoms with E-state index in [0.717, 1.165) is 29.9 Å². The predicted octanol–water partition coefficient (Wildman–Crippen LogP) is 4.75. The number of amides is 2. The maximum Gasteiger partial charge on any atom is 0.251 e. The number of ether oxygens (including phenoxy) is 1. The van der Waals surface area contributed by atoms with Crippen molar-refractivity contribution in [3.05, 3.63) is 66.2 Å². The van der Waals surface area contributed by atoms with Crippen LogP contribution in [0.2, 0.25) is 0 Å². The molecule has 1 aliphatic carbocycles. The van der Waals surface area contributed by atoms with Gasteiger partial charge in [-0.25, -0.2) is 0 Å². The summed E-state index contributed by atoms with van der Waals surface area (Å²) in [5, 5.41) is 9.02. The molecule has 0 radical (unpaired) electrons. The summed E-state index contributed by atoms with van der Waals surface area (Å²) in [7, 11) is 0. The summed E-state index contributed by atoms with van der Waals surface area (Å²) in [5.41, 5.74) is 3.05. The van der Waals surface area contributed by atoms with Gasteiger partial charge in [0.15, 0.2) is 0 Å². The van der Waals surface area contributed by atoms with Gasteiger partial charge >= 0.3 is 0 Å². The molecular formula is C25H31N3O3. The highest BCUT2D eigenvalue weighted by molar-refractivity contribution is 5.96. The van der Waals surface area contributed by atoms with Gasteiger partial charge in [-0.3, -0.25) is 9.59 Å². The second-order valence-electron chi connectivity index (χ2n) is 8.06. The molecule has 0 aliphatic heterocycles. The second-order valence-corrected chi connectivity index (χ2v) is 8.06. The molecule has 1 aliphatic rings. The minimum Gasteiger partial charge on any atom is -0.489 e. The first kappa shape index (κ1) is 22.4. The minimum absolute atomic E-state index is 0.0536. The highest BCUT2D eigenvalue weighted by Crippen LogP contribution is 2.19. The first-order chi connectivity index (χ1) is 15.0.